The third-order valence-electron chi connectivity index (χ3n) is 6.01. The van der Waals surface area contributed by atoms with Crippen LogP contribution in [0.15, 0.2) is 0 Å². The highest BCUT2D eigenvalue weighted by molar-refractivity contribution is 7.19. The molecule has 1 aliphatic carbocycles. The van der Waals surface area contributed by atoms with Gasteiger partial charge in [0.15, 0.2) is 0 Å². The van der Waals surface area contributed by atoms with E-state index in [4.69, 9.17) is 9.97 Å². The van der Waals surface area contributed by atoms with Crippen molar-refractivity contribution in [2.45, 2.75) is 71.8 Å². The fourth-order valence-electron chi connectivity index (χ4n) is 4.44. The number of anilines is 1. The lowest BCUT2D eigenvalue weighted by Crippen LogP contribution is -2.47. The maximum atomic E-state index is 12.7. The Balaban J connectivity index is 1.64. The van der Waals surface area contributed by atoms with Gasteiger partial charge in [0.25, 0.3) is 0 Å². The van der Waals surface area contributed by atoms with Gasteiger partial charge in [-0.05, 0) is 57.9 Å². The fourth-order valence-corrected chi connectivity index (χ4v) is 5.74. The van der Waals surface area contributed by atoms with Gasteiger partial charge < -0.3 is 10.2 Å². The molecular formula is C21H30N4OS. The Morgan fingerprint density at radius 1 is 1.30 bits per heavy atom. The molecule has 3 heterocycles. The first-order valence-electron chi connectivity index (χ1n) is 10.4. The largest absolute Gasteiger partial charge is 0.356 e. The first kappa shape index (κ1) is 18.7. The second-order valence-electron chi connectivity index (χ2n) is 8.05. The highest BCUT2D eigenvalue weighted by Gasteiger charge is 2.33. The van der Waals surface area contributed by atoms with Crippen LogP contribution in [0.5, 0.6) is 0 Å². The summed E-state index contributed by atoms with van der Waals surface area (Å²) in [5.74, 6) is 2.16. The Labute approximate surface area is 165 Å². The Morgan fingerprint density at radius 2 is 2.15 bits per heavy atom. The number of hydrogen-bond donors (Lipinski definition) is 1. The van der Waals surface area contributed by atoms with Crippen LogP contribution >= 0.6 is 11.3 Å². The number of nitrogens with zero attached hydrogens (tertiary/aromatic N) is 3. The summed E-state index contributed by atoms with van der Waals surface area (Å²) in [7, 11) is 0. The SMILES string of the molecule is CCCCNC(=O)[C@@H]1CC[C@@H](C)N(c2nc(C)nc3sc4c(c23)CCC4)C1. The van der Waals surface area contributed by atoms with Gasteiger partial charge >= 0.3 is 0 Å². The van der Waals surface area contributed by atoms with Crippen LogP contribution in [-0.4, -0.2) is 35.0 Å². The lowest BCUT2D eigenvalue weighted by atomic mass is 9.92. The topological polar surface area (TPSA) is 58.1 Å². The van der Waals surface area contributed by atoms with E-state index in [1.54, 1.807) is 0 Å². The van der Waals surface area contributed by atoms with Gasteiger partial charge in [0, 0.05) is 24.0 Å². The Bertz CT molecular complexity index is 846. The van der Waals surface area contributed by atoms with Crippen molar-refractivity contribution in [2.24, 2.45) is 5.92 Å². The van der Waals surface area contributed by atoms with E-state index in [-0.39, 0.29) is 11.8 Å². The van der Waals surface area contributed by atoms with Gasteiger partial charge in [0.2, 0.25) is 5.91 Å². The highest BCUT2D eigenvalue weighted by atomic mass is 32.1. The molecule has 2 aliphatic rings. The van der Waals surface area contributed by atoms with Crippen molar-refractivity contribution in [3.05, 3.63) is 16.3 Å². The summed E-state index contributed by atoms with van der Waals surface area (Å²) in [5.41, 5.74) is 1.46. The quantitative estimate of drug-likeness (QED) is 0.789. The predicted octanol–water partition coefficient (Wildman–Crippen LogP) is 4.01. The minimum absolute atomic E-state index is 0.0510. The molecule has 5 nitrogen and oxygen atoms in total. The van der Waals surface area contributed by atoms with E-state index in [0.717, 1.165) is 61.7 Å². The van der Waals surface area contributed by atoms with Crippen LogP contribution in [0.1, 0.15) is 62.2 Å². The monoisotopic (exact) mass is 386 g/mol. The lowest BCUT2D eigenvalue weighted by molar-refractivity contribution is -0.125. The number of unbranched alkanes of at least 4 members (excludes halogenated alkanes) is 1. The molecular weight excluding hydrogens is 356 g/mol. The molecule has 0 aromatic carbocycles. The molecule has 0 saturated carbocycles. The number of rotatable bonds is 5. The Kier molecular flexibility index (Phi) is 5.35. The molecule has 4 rings (SSSR count). The Hall–Kier alpha value is -1.69. The van der Waals surface area contributed by atoms with Crippen LogP contribution in [0.3, 0.4) is 0 Å². The number of aryl methyl sites for hydroxylation is 3. The summed E-state index contributed by atoms with van der Waals surface area (Å²) >= 11 is 1.84. The van der Waals surface area contributed by atoms with Gasteiger partial charge in [-0.25, -0.2) is 9.97 Å². The number of aromatic nitrogens is 2. The van der Waals surface area contributed by atoms with Crippen molar-refractivity contribution < 1.29 is 4.79 Å². The molecule has 1 amide bonds. The van der Waals surface area contributed by atoms with E-state index in [1.165, 1.54) is 28.7 Å². The van der Waals surface area contributed by atoms with Gasteiger partial charge in [0.1, 0.15) is 16.5 Å². The maximum absolute atomic E-state index is 12.7. The first-order valence-corrected chi connectivity index (χ1v) is 11.2. The molecule has 2 aromatic heterocycles. The third kappa shape index (κ3) is 3.56. The van der Waals surface area contributed by atoms with Crippen molar-refractivity contribution in [1.29, 1.82) is 0 Å². The van der Waals surface area contributed by atoms with E-state index in [2.05, 4.69) is 24.1 Å². The molecule has 27 heavy (non-hydrogen) atoms. The zero-order valence-corrected chi connectivity index (χ0v) is 17.5. The molecule has 0 spiro atoms. The van der Waals surface area contributed by atoms with E-state index in [9.17, 15) is 4.79 Å². The molecule has 1 aliphatic heterocycles. The molecule has 2 aromatic rings. The molecule has 1 fully saturated rings. The molecule has 0 bridgehead atoms. The highest BCUT2D eigenvalue weighted by Crippen LogP contribution is 2.42. The van der Waals surface area contributed by atoms with Crippen molar-refractivity contribution in [3.8, 4) is 0 Å². The zero-order chi connectivity index (χ0) is 19.0. The van der Waals surface area contributed by atoms with Gasteiger partial charge in [0.05, 0.1) is 11.3 Å². The molecule has 146 valence electrons. The molecule has 6 heteroatoms. The summed E-state index contributed by atoms with van der Waals surface area (Å²) in [4.78, 5) is 27.3. The lowest BCUT2D eigenvalue weighted by Gasteiger charge is -2.38. The summed E-state index contributed by atoms with van der Waals surface area (Å²) in [6.45, 7) is 7.95. The second kappa shape index (κ2) is 7.74. The minimum Gasteiger partial charge on any atom is -0.356 e. The van der Waals surface area contributed by atoms with E-state index in [0.29, 0.717) is 6.04 Å². The van der Waals surface area contributed by atoms with Crippen molar-refractivity contribution >= 4 is 33.3 Å². The second-order valence-corrected chi connectivity index (χ2v) is 9.14. The number of piperidine rings is 1. The average molecular weight is 387 g/mol. The van der Waals surface area contributed by atoms with Crippen molar-refractivity contribution in [1.82, 2.24) is 15.3 Å². The standard InChI is InChI=1S/C21H30N4OS/c1-4-5-11-22-20(26)15-10-9-13(2)25(12-15)19-18-16-7-6-8-17(16)27-21(18)24-14(3)23-19/h13,15H,4-12H2,1-3H3,(H,22,26)/t13-,15-/m1/s1. The number of carbonyl (C=O) groups is 1. The number of thiophene rings is 1. The van der Waals surface area contributed by atoms with Crippen molar-refractivity contribution in [2.75, 3.05) is 18.0 Å². The summed E-state index contributed by atoms with van der Waals surface area (Å²) in [5, 5.41) is 4.39. The predicted molar refractivity (Wildman–Crippen MR) is 112 cm³/mol. The van der Waals surface area contributed by atoms with Crippen molar-refractivity contribution in [3.63, 3.8) is 0 Å². The summed E-state index contributed by atoms with van der Waals surface area (Å²) in [6.07, 6.45) is 7.70. The number of carbonyl (C=O) groups excluding carboxylic acids is 1. The maximum Gasteiger partial charge on any atom is 0.224 e. The van der Waals surface area contributed by atoms with E-state index >= 15 is 0 Å². The molecule has 0 radical (unpaired) electrons. The number of nitrogens with one attached hydrogen (secondary N) is 1. The van der Waals surface area contributed by atoms with Crippen LogP contribution in [-0.2, 0) is 17.6 Å². The number of amides is 1. The molecule has 0 unspecified atom stereocenters. The van der Waals surface area contributed by atoms with Crippen LogP contribution in [0.4, 0.5) is 5.82 Å². The van der Waals surface area contributed by atoms with Gasteiger partial charge in [-0.15, -0.1) is 11.3 Å². The summed E-state index contributed by atoms with van der Waals surface area (Å²) < 4.78 is 0. The molecule has 1 N–H and O–H groups in total. The van der Waals surface area contributed by atoms with Crippen LogP contribution < -0.4 is 10.2 Å². The normalized spacial score (nSPS) is 22.3. The molecule has 2 atom stereocenters. The number of fused-ring (bicyclic) bond motifs is 3. The minimum atomic E-state index is 0.0510. The van der Waals surface area contributed by atoms with Crippen LogP contribution in [0.2, 0.25) is 0 Å². The average Bonchev–Trinajstić information content (AvgIpc) is 3.22. The van der Waals surface area contributed by atoms with E-state index in [1.807, 2.05) is 18.3 Å². The number of hydrogen-bond acceptors (Lipinski definition) is 5. The van der Waals surface area contributed by atoms with E-state index < -0.39 is 0 Å². The van der Waals surface area contributed by atoms with Gasteiger partial charge in [-0.3, -0.25) is 4.79 Å². The zero-order valence-electron chi connectivity index (χ0n) is 16.7. The van der Waals surface area contributed by atoms with Crippen LogP contribution in [0, 0.1) is 12.8 Å². The Morgan fingerprint density at radius 3 is 2.96 bits per heavy atom. The van der Waals surface area contributed by atoms with Gasteiger partial charge in [-0.1, -0.05) is 13.3 Å². The van der Waals surface area contributed by atoms with Crippen LogP contribution in [0.25, 0.3) is 10.2 Å². The first-order chi connectivity index (χ1) is 13.1. The summed E-state index contributed by atoms with van der Waals surface area (Å²) in [6, 6.07) is 0.402. The molecule has 1 saturated heterocycles. The third-order valence-corrected chi connectivity index (χ3v) is 7.20. The fraction of sp³-hybridized carbons (Fsp3) is 0.667. The van der Waals surface area contributed by atoms with Gasteiger partial charge in [-0.2, -0.15) is 0 Å². The smallest absolute Gasteiger partial charge is 0.224 e.